The van der Waals surface area contributed by atoms with Crippen LogP contribution in [0.4, 0.5) is 0 Å². The number of amides is 1. The van der Waals surface area contributed by atoms with Crippen LogP contribution in [-0.4, -0.2) is 43.6 Å². The van der Waals surface area contributed by atoms with Gasteiger partial charge in [0.1, 0.15) is 5.75 Å². The van der Waals surface area contributed by atoms with Gasteiger partial charge in [0.05, 0.1) is 11.6 Å². The Labute approximate surface area is 140 Å². The molecular weight excluding hydrogens is 344 g/mol. The van der Waals surface area contributed by atoms with E-state index >= 15 is 0 Å². The van der Waals surface area contributed by atoms with E-state index in [9.17, 15) is 4.79 Å². The van der Waals surface area contributed by atoms with Crippen molar-refractivity contribution in [2.24, 2.45) is 5.92 Å². The quantitative estimate of drug-likeness (QED) is 0.893. The molecule has 2 aliphatic heterocycles. The molecule has 1 atom stereocenters. The molecule has 0 aromatic heterocycles. The van der Waals surface area contributed by atoms with Gasteiger partial charge in [0.15, 0.2) is 0 Å². The minimum absolute atomic E-state index is 0.126. The van der Waals surface area contributed by atoms with Crippen LogP contribution in [0.2, 0.25) is 0 Å². The van der Waals surface area contributed by atoms with Gasteiger partial charge in [0, 0.05) is 24.7 Å². The first-order valence-electron chi connectivity index (χ1n) is 8.05. The average molecular weight is 367 g/mol. The van der Waals surface area contributed by atoms with E-state index in [1.165, 1.54) is 12.8 Å². The van der Waals surface area contributed by atoms with Gasteiger partial charge in [-0.05, 0) is 72.3 Å². The molecule has 2 saturated heterocycles. The molecule has 2 heterocycles. The highest BCUT2D eigenvalue weighted by molar-refractivity contribution is 9.10. The third-order valence-corrected chi connectivity index (χ3v) is 5.51. The molecule has 0 aliphatic carbocycles. The highest BCUT2D eigenvalue weighted by Crippen LogP contribution is 2.29. The van der Waals surface area contributed by atoms with E-state index in [0.29, 0.717) is 6.04 Å². The van der Waals surface area contributed by atoms with Gasteiger partial charge in [0.2, 0.25) is 0 Å². The summed E-state index contributed by atoms with van der Waals surface area (Å²) in [6, 6.07) is 6.21. The van der Waals surface area contributed by atoms with E-state index in [4.69, 9.17) is 4.74 Å². The molecule has 5 heteroatoms. The molecular formula is C17H23BrN2O2. The molecule has 1 unspecified atom stereocenters. The van der Waals surface area contributed by atoms with E-state index in [0.717, 1.165) is 54.2 Å². The van der Waals surface area contributed by atoms with Crippen LogP contribution in [0.15, 0.2) is 22.7 Å². The normalized spacial score (nSPS) is 22.8. The first-order valence-corrected chi connectivity index (χ1v) is 8.84. The molecule has 0 saturated carbocycles. The number of likely N-dealkylation sites (tertiary alicyclic amines) is 1. The minimum atomic E-state index is 0.126. The number of carbonyl (C=O) groups is 1. The number of carbonyl (C=O) groups excluding carboxylic acids is 1. The second-order valence-corrected chi connectivity index (χ2v) is 7.04. The first-order chi connectivity index (χ1) is 10.7. The zero-order chi connectivity index (χ0) is 15.5. The summed E-state index contributed by atoms with van der Waals surface area (Å²) in [5.41, 5.74) is 0.727. The van der Waals surface area contributed by atoms with Crippen LogP contribution in [0.5, 0.6) is 5.75 Å². The lowest BCUT2D eigenvalue weighted by Gasteiger charge is -2.35. The van der Waals surface area contributed by atoms with Crippen molar-refractivity contribution < 1.29 is 9.53 Å². The number of hydrogen-bond donors (Lipinski definition) is 1. The second-order valence-electron chi connectivity index (χ2n) is 6.18. The molecule has 0 bridgehead atoms. The minimum Gasteiger partial charge on any atom is -0.496 e. The number of ether oxygens (including phenoxy) is 1. The number of piperidine rings is 1. The molecule has 1 amide bonds. The van der Waals surface area contributed by atoms with Gasteiger partial charge in [0.25, 0.3) is 5.91 Å². The summed E-state index contributed by atoms with van der Waals surface area (Å²) in [4.78, 5) is 14.6. The Bertz CT molecular complexity index is 535. The number of hydrogen-bond acceptors (Lipinski definition) is 3. The van der Waals surface area contributed by atoms with E-state index < -0.39 is 0 Å². The third-order valence-electron chi connectivity index (χ3n) is 4.89. The Morgan fingerprint density at radius 1 is 1.32 bits per heavy atom. The fourth-order valence-electron chi connectivity index (χ4n) is 3.60. The van der Waals surface area contributed by atoms with Crippen molar-refractivity contribution in [2.75, 3.05) is 26.7 Å². The number of benzene rings is 1. The average Bonchev–Trinajstić information content (AvgIpc) is 3.09. The smallest absolute Gasteiger partial charge is 0.253 e. The van der Waals surface area contributed by atoms with Crippen LogP contribution in [0.1, 0.15) is 36.0 Å². The summed E-state index contributed by atoms with van der Waals surface area (Å²) in [7, 11) is 1.63. The molecule has 0 spiro atoms. The standard InChI is InChI=1S/C17H23BrN2O2/c1-22-16-5-4-13(11-14(16)18)17(21)20-9-6-12(7-10-20)15-3-2-8-19-15/h4-5,11-12,15,19H,2-3,6-10H2,1H3. The Morgan fingerprint density at radius 2 is 2.09 bits per heavy atom. The summed E-state index contributed by atoms with van der Waals surface area (Å²) in [5.74, 6) is 1.61. The fourth-order valence-corrected chi connectivity index (χ4v) is 4.14. The molecule has 2 aliphatic rings. The molecule has 22 heavy (non-hydrogen) atoms. The molecule has 1 aromatic carbocycles. The SMILES string of the molecule is COc1ccc(C(=O)N2CCC(C3CCCN3)CC2)cc1Br. The lowest BCUT2D eigenvalue weighted by molar-refractivity contribution is 0.0674. The Morgan fingerprint density at radius 3 is 2.68 bits per heavy atom. The van der Waals surface area contributed by atoms with Crippen molar-refractivity contribution in [1.82, 2.24) is 10.2 Å². The predicted molar refractivity (Wildman–Crippen MR) is 90.3 cm³/mol. The molecule has 3 rings (SSSR count). The van der Waals surface area contributed by atoms with Crippen molar-refractivity contribution in [1.29, 1.82) is 0 Å². The summed E-state index contributed by atoms with van der Waals surface area (Å²) >= 11 is 3.45. The molecule has 120 valence electrons. The predicted octanol–water partition coefficient (Wildman–Crippen LogP) is 3.06. The Balaban J connectivity index is 1.60. The second kappa shape index (κ2) is 7.01. The van der Waals surface area contributed by atoms with E-state index in [2.05, 4.69) is 21.2 Å². The molecule has 1 aromatic rings. The van der Waals surface area contributed by atoms with Crippen LogP contribution < -0.4 is 10.1 Å². The van der Waals surface area contributed by atoms with Crippen LogP contribution >= 0.6 is 15.9 Å². The highest BCUT2D eigenvalue weighted by Gasteiger charge is 2.30. The van der Waals surface area contributed by atoms with Crippen molar-refractivity contribution in [3.63, 3.8) is 0 Å². The third kappa shape index (κ3) is 3.30. The van der Waals surface area contributed by atoms with Crippen LogP contribution in [0, 0.1) is 5.92 Å². The molecule has 0 radical (unpaired) electrons. The van der Waals surface area contributed by atoms with Crippen LogP contribution in [0.25, 0.3) is 0 Å². The van der Waals surface area contributed by atoms with Crippen LogP contribution in [-0.2, 0) is 0 Å². The Hall–Kier alpha value is -1.07. The van der Waals surface area contributed by atoms with Gasteiger partial charge >= 0.3 is 0 Å². The number of halogens is 1. The van der Waals surface area contributed by atoms with Crippen molar-refractivity contribution in [3.8, 4) is 5.75 Å². The highest BCUT2D eigenvalue weighted by atomic mass is 79.9. The molecule has 2 fully saturated rings. The Kier molecular flexibility index (Phi) is 5.03. The van der Waals surface area contributed by atoms with Crippen molar-refractivity contribution in [3.05, 3.63) is 28.2 Å². The van der Waals surface area contributed by atoms with Gasteiger partial charge in [-0.15, -0.1) is 0 Å². The van der Waals surface area contributed by atoms with Crippen molar-refractivity contribution >= 4 is 21.8 Å². The summed E-state index contributed by atoms with van der Waals surface area (Å²) < 4.78 is 6.04. The van der Waals surface area contributed by atoms with Crippen molar-refractivity contribution in [2.45, 2.75) is 31.7 Å². The largest absolute Gasteiger partial charge is 0.496 e. The lowest BCUT2D eigenvalue weighted by atomic mass is 9.88. The fraction of sp³-hybridized carbons (Fsp3) is 0.588. The first kappa shape index (κ1) is 15.8. The number of methoxy groups -OCH3 is 1. The van der Waals surface area contributed by atoms with Gasteiger partial charge in [-0.2, -0.15) is 0 Å². The number of nitrogens with zero attached hydrogens (tertiary/aromatic N) is 1. The van der Waals surface area contributed by atoms with Gasteiger partial charge < -0.3 is 15.0 Å². The summed E-state index contributed by atoms with van der Waals surface area (Å²) in [6.45, 7) is 2.89. The van der Waals surface area contributed by atoms with E-state index in [1.54, 1.807) is 7.11 Å². The molecule has 1 N–H and O–H groups in total. The topological polar surface area (TPSA) is 41.6 Å². The lowest BCUT2D eigenvalue weighted by Crippen LogP contribution is -2.43. The summed E-state index contributed by atoms with van der Waals surface area (Å²) in [6.07, 6.45) is 4.81. The maximum absolute atomic E-state index is 12.6. The maximum atomic E-state index is 12.6. The van der Waals surface area contributed by atoms with E-state index in [1.807, 2.05) is 23.1 Å². The monoisotopic (exact) mass is 366 g/mol. The number of rotatable bonds is 3. The molecule has 4 nitrogen and oxygen atoms in total. The van der Waals surface area contributed by atoms with E-state index in [-0.39, 0.29) is 5.91 Å². The van der Waals surface area contributed by atoms with Crippen LogP contribution in [0.3, 0.4) is 0 Å². The van der Waals surface area contributed by atoms with Gasteiger partial charge in [-0.1, -0.05) is 0 Å². The van der Waals surface area contributed by atoms with Gasteiger partial charge in [-0.25, -0.2) is 0 Å². The zero-order valence-electron chi connectivity index (χ0n) is 13.0. The zero-order valence-corrected chi connectivity index (χ0v) is 14.6. The summed E-state index contributed by atoms with van der Waals surface area (Å²) in [5, 5.41) is 3.60. The number of nitrogens with one attached hydrogen (secondary N) is 1. The van der Waals surface area contributed by atoms with Gasteiger partial charge in [-0.3, -0.25) is 4.79 Å². The maximum Gasteiger partial charge on any atom is 0.253 e.